The average molecular weight is 358 g/mol. The van der Waals surface area contributed by atoms with Crippen molar-refractivity contribution in [3.05, 3.63) is 69.4 Å². The van der Waals surface area contributed by atoms with Crippen LogP contribution in [0.15, 0.2) is 48.7 Å². The first-order valence-electron chi connectivity index (χ1n) is 7.17. The normalized spacial score (nSPS) is 10.5. The first kappa shape index (κ1) is 16.7. The summed E-state index contributed by atoms with van der Waals surface area (Å²) >= 11 is 6.07. The average Bonchev–Trinajstić information content (AvgIpc) is 2.60. The molecule has 0 atom stereocenters. The lowest BCUT2D eigenvalue weighted by Gasteiger charge is -2.09. The number of nitro benzene ring substituents is 1. The van der Waals surface area contributed by atoms with Gasteiger partial charge in [0.05, 0.1) is 23.2 Å². The molecule has 3 aromatic rings. The zero-order chi connectivity index (χ0) is 18.0. The standard InChI is InChI=1S/C17H12ClN3O4/c1-25-15-5-4-11(8-14(15)21(23)24)17(22)20-13-9-12(18)7-10-3-2-6-19-16(10)13/h2-9H,1H3,(H,20,22). The van der Waals surface area contributed by atoms with Crippen LogP contribution in [-0.2, 0) is 0 Å². The minimum atomic E-state index is -0.605. The number of benzene rings is 2. The predicted molar refractivity (Wildman–Crippen MR) is 94.4 cm³/mol. The Morgan fingerprint density at radius 3 is 2.80 bits per heavy atom. The Balaban J connectivity index is 1.98. The molecule has 0 aliphatic heterocycles. The van der Waals surface area contributed by atoms with Gasteiger partial charge in [-0.25, -0.2) is 0 Å². The summed E-state index contributed by atoms with van der Waals surface area (Å²) in [5, 5.41) is 15.0. The number of pyridine rings is 1. The Bertz CT molecular complexity index is 991. The Hall–Kier alpha value is -3.19. The highest BCUT2D eigenvalue weighted by Crippen LogP contribution is 2.29. The fourth-order valence-electron chi connectivity index (χ4n) is 2.42. The van der Waals surface area contributed by atoms with Crippen LogP contribution in [0.5, 0.6) is 5.75 Å². The Morgan fingerprint density at radius 2 is 2.08 bits per heavy atom. The number of methoxy groups -OCH3 is 1. The van der Waals surface area contributed by atoms with E-state index in [4.69, 9.17) is 16.3 Å². The number of amides is 1. The van der Waals surface area contributed by atoms with Crippen molar-refractivity contribution < 1.29 is 14.5 Å². The van der Waals surface area contributed by atoms with Gasteiger partial charge in [0.1, 0.15) is 0 Å². The van der Waals surface area contributed by atoms with Gasteiger partial charge >= 0.3 is 5.69 Å². The lowest BCUT2D eigenvalue weighted by molar-refractivity contribution is -0.385. The second-order valence-electron chi connectivity index (χ2n) is 5.13. The lowest BCUT2D eigenvalue weighted by atomic mass is 10.1. The number of carbonyl (C=O) groups is 1. The highest BCUT2D eigenvalue weighted by atomic mass is 35.5. The predicted octanol–water partition coefficient (Wildman–Crippen LogP) is 4.06. The smallest absolute Gasteiger partial charge is 0.311 e. The van der Waals surface area contributed by atoms with Crippen molar-refractivity contribution in [3.8, 4) is 5.75 Å². The molecular formula is C17H12ClN3O4. The van der Waals surface area contributed by atoms with Crippen LogP contribution in [0.2, 0.25) is 5.02 Å². The van der Waals surface area contributed by atoms with Crippen molar-refractivity contribution in [3.63, 3.8) is 0 Å². The minimum Gasteiger partial charge on any atom is -0.490 e. The molecule has 0 bridgehead atoms. The highest BCUT2D eigenvalue weighted by molar-refractivity contribution is 6.32. The van der Waals surface area contributed by atoms with Crippen LogP contribution in [0.3, 0.4) is 0 Å². The Labute approximate surface area is 147 Å². The van der Waals surface area contributed by atoms with E-state index in [1.807, 2.05) is 6.07 Å². The number of halogens is 1. The van der Waals surface area contributed by atoms with Crippen LogP contribution in [0.4, 0.5) is 11.4 Å². The summed E-state index contributed by atoms with van der Waals surface area (Å²) in [6.45, 7) is 0. The number of aromatic nitrogens is 1. The number of fused-ring (bicyclic) bond motifs is 1. The summed E-state index contributed by atoms with van der Waals surface area (Å²) in [7, 11) is 1.33. The minimum absolute atomic E-state index is 0.0800. The van der Waals surface area contributed by atoms with E-state index < -0.39 is 10.8 Å². The number of ether oxygens (including phenoxy) is 1. The van der Waals surface area contributed by atoms with E-state index in [2.05, 4.69) is 10.3 Å². The van der Waals surface area contributed by atoms with Gasteiger partial charge in [-0.05, 0) is 30.3 Å². The summed E-state index contributed by atoms with van der Waals surface area (Å²) in [6.07, 6.45) is 1.60. The third-order valence-electron chi connectivity index (χ3n) is 3.56. The molecule has 0 aliphatic carbocycles. The van der Waals surface area contributed by atoms with Gasteiger partial charge in [-0.1, -0.05) is 17.7 Å². The molecule has 7 nitrogen and oxygen atoms in total. The second-order valence-corrected chi connectivity index (χ2v) is 5.56. The van der Waals surface area contributed by atoms with Crippen molar-refractivity contribution in [2.24, 2.45) is 0 Å². The van der Waals surface area contributed by atoms with Gasteiger partial charge in [0.15, 0.2) is 5.75 Å². The number of hydrogen-bond donors (Lipinski definition) is 1. The summed E-state index contributed by atoms with van der Waals surface area (Å²) in [5.74, 6) is -0.434. The summed E-state index contributed by atoms with van der Waals surface area (Å²) in [5.41, 5.74) is 0.829. The zero-order valence-corrected chi connectivity index (χ0v) is 13.8. The second kappa shape index (κ2) is 6.74. The number of rotatable bonds is 4. The van der Waals surface area contributed by atoms with Crippen molar-refractivity contribution >= 4 is 39.8 Å². The molecule has 126 valence electrons. The van der Waals surface area contributed by atoms with Crippen molar-refractivity contribution in [2.75, 3.05) is 12.4 Å². The number of nitrogens with one attached hydrogen (secondary N) is 1. The van der Waals surface area contributed by atoms with Gasteiger partial charge in [0.25, 0.3) is 5.91 Å². The molecule has 0 fully saturated rings. The van der Waals surface area contributed by atoms with Crippen LogP contribution in [0.1, 0.15) is 10.4 Å². The monoisotopic (exact) mass is 357 g/mol. The number of carbonyl (C=O) groups excluding carboxylic acids is 1. The molecule has 0 spiro atoms. The summed E-state index contributed by atoms with van der Waals surface area (Å²) in [4.78, 5) is 27.2. The van der Waals surface area contributed by atoms with Gasteiger partial charge in [-0.3, -0.25) is 19.9 Å². The molecule has 0 aliphatic rings. The molecule has 25 heavy (non-hydrogen) atoms. The fourth-order valence-corrected chi connectivity index (χ4v) is 2.65. The highest BCUT2D eigenvalue weighted by Gasteiger charge is 2.19. The summed E-state index contributed by atoms with van der Waals surface area (Å²) in [6, 6.07) is 10.9. The largest absolute Gasteiger partial charge is 0.490 e. The maximum Gasteiger partial charge on any atom is 0.311 e. The SMILES string of the molecule is COc1ccc(C(=O)Nc2cc(Cl)cc3cccnc23)cc1[N+](=O)[O-]. The van der Waals surface area contributed by atoms with Crippen molar-refractivity contribution in [1.29, 1.82) is 0 Å². The molecule has 1 heterocycles. The van der Waals surface area contributed by atoms with Gasteiger partial charge < -0.3 is 10.1 Å². The maximum absolute atomic E-state index is 12.5. The Kier molecular flexibility index (Phi) is 4.49. The van der Waals surface area contributed by atoms with Crippen LogP contribution in [-0.4, -0.2) is 22.9 Å². The molecule has 0 radical (unpaired) electrons. The summed E-state index contributed by atoms with van der Waals surface area (Å²) < 4.78 is 4.93. The van der Waals surface area contributed by atoms with E-state index >= 15 is 0 Å². The quantitative estimate of drug-likeness (QED) is 0.561. The molecule has 0 saturated heterocycles. The third kappa shape index (κ3) is 3.36. The first-order valence-corrected chi connectivity index (χ1v) is 7.55. The molecule has 0 saturated carbocycles. The Morgan fingerprint density at radius 1 is 1.28 bits per heavy atom. The zero-order valence-electron chi connectivity index (χ0n) is 13.0. The van der Waals surface area contributed by atoms with E-state index in [9.17, 15) is 14.9 Å². The van der Waals surface area contributed by atoms with Gasteiger partial charge in [0, 0.05) is 28.2 Å². The van der Waals surface area contributed by atoms with E-state index in [0.717, 1.165) is 11.5 Å². The van der Waals surface area contributed by atoms with Crippen molar-refractivity contribution in [1.82, 2.24) is 4.98 Å². The van der Waals surface area contributed by atoms with E-state index in [0.29, 0.717) is 16.2 Å². The lowest BCUT2D eigenvalue weighted by Crippen LogP contribution is -2.13. The molecule has 1 amide bonds. The van der Waals surface area contributed by atoms with Crippen LogP contribution in [0, 0.1) is 10.1 Å². The van der Waals surface area contributed by atoms with E-state index in [1.165, 1.54) is 19.2 Å². The van der Waals surface area contributed by atoms with Crippen LogP contribution < -0.4 is 10.1 Å². The molecule has 0 unspecified atom stereocenters. The fraction of sp³-hybridized carbons (Fsp3) is 0.0588. The maximum atomic E-state index is 12.5. The molecule has 1 aromatic heterocycles. The van der Waals surface area contributed by atoms with Crippen LogP contribution in [0.25, 0.3) is 10.9 Å². The van der Waals surface area contributed by atoms with Gasteiger partial charge in [-0.2, -0.15) is 0 Å². The number of hydrogen-bond acceptors (Lipinski definition) is 5. The molecule has 8 heteroatoms. The molecule has 1 N–H and O–H groups in total. The van der Waals surface area contributed by atoms with Crippen molar-refractivity contribution in [2.45, 2.75) is 0 Å². The number of nitrogens with zero attached hydrogens (tertiary/aromatic N) is 2. The first-order chi connectivity index (χ1) is 12.0. The molecule has 3 rings (SSSR count). The van der Waals surface area contributed by atoms with Crippen LogP contribution >= 0.6 is 11.6 Å². The topological polar surface area (TPSA) is 94.4 Å². The van der Waals surface area contributed by atoms with E-state index in [1.54, 1.807) is 24.4 Å². The van der Waals surface area contributed by atoms with E-state index in [-0.39, 0.29) is 17.0 Å². The third-order valence-corrected chi connectivity index (χ3v) is 3.77. The number of nitro groups is 1. The molecule has 2 aromatic carbocycles. The number of anilines is 1. The van der Waals surface area contributed by atoms with Gasteiger partial charge in [-0.15, -0.1) is 0 Å². The molecular weight excluding hydrogens is 346 g/mol. The van der Waals surface area contributed by atoms with Gasteiger partial charge in [0.2, 0.25) is 0 Å².